The van der Waals surface area contributed by atoms with Gasteiger partial charge >= 0.3 is 0 Å². The normalized spacial score (nSPS) is 22.2. The lowest BCUT2D eigenvalue weighted by atomic mass is 10.0. The summed E-state index contributed by atoms with van der Waals surface area (Å²) in [7, 11) is 1.60. The maximum absolute atomic E-state index is 12.5. The predicted molar refractivity (Wildman–Crippen MR) is 354 cm³/mol. The van der Waals surface area contributed by atoms with Gasteiger partial charge in [-0.05, 0) is 125 Å². The number of benzene rings is 5. The van der Waals surface area contributed by atoms with Crippen LogP contribution in [0, 0.1) is 0 Å². The maximum Gasteiger partial charge on any atom is 0.264 e. The SMILES string of the molecule is C=C1CCC(N2C(=O)c3ccc(N)cc3C2=O)C(=O)N1.C=C1CCC(N2C(=O)c3cccc(N)c3C2=O)C(=O)N1.C=C1CCC(N2C(=O)c3cccc(N)c3C2=O)C(=O)N1C.C=C1CCC(N2Cc3c(N)cccc3C2=O)C(=O)N1.O=C1CCC(N2C(=O)c3ccccc3C2=O)C(=O)N1. The van der Waals surface area contributed by atoms with Gasteiger partial charge in [-0.15, -0.1) is 0 Å². The highest BCUT2D eigenvalue weighted by molar-refractivity contribution is 6.27. The van der Waals surface area contributed by atoms with Crippen LogP contribution < -0.4 is 44.2 Å². The van der Waals surface area contributed by atoms with Crippen LogP contribution >= 0.6 is 0 Å². The number of amides is 15. The first-order valence-corrected chi connectivity index (χ1v) is 31.3. The average Bonchev–Trinajstić information content (AvgIpc) is 1.63. The van der Waals surface area contributed by atoms with E-state index in [4.69, 9.17) is 22.9 Å². The smallest absolute Gasteiger partial charge is 0.264 e. The van der Waals surface area contributed by atoms with Crippen molar-refractivity contribution in [1.82, 2.24) is 50.7 Å². The number of likely N-dealkylation sites (tertiary alicyclic amines) is 1. The molecule has 29 heteroatoms. The molecule has 0 aromatic heterocycles. The van der Waals surface area contributed by atoms with Crippen LogP contribution in [0.3, 0.4) is 0 Å². The molecule has 15 amide bonds. The van der Waals surface area contributed by atoms with Crippen LogP contribution in [0.15, 0.2) is 146 Å². The highest BCUT2D eigenvalue weighted by atomic mass is 16.2. The summed E-state index contributed by atoms with van der Waals surface area (Å²) in [5.74, 6) is -6.07. The van der Waals surface area contributed by atoms with Gasteiger partial charge in [-0.2, -0.15) is 0 Å². The van der Waals surface area contributed by atoms with Crippen LogP contribution in [-0.4, -0.2) is 155 Å². The second-order valence-corrected chi connectivity index (χ2v) is 24.5. The van der Waals surface area contributed by atoms with E-state index in [1.165, 1.54) is 17.0 Å². The number of piperidine rings is 5. The highest BCUT2D eigenvalue weighted by Gasteiger charge is 2.49. The third-order valence-electron chi connectivity index (χ3n) is 18.4. The molecule has 0 radical (unpaired) electrons. The minimum Gasteiger partial charge on any atom is -0.399 e. The summed E-state index contributed by atoms with van der Waals surface area (Å²) in [6.07, 6.45) is 4.45. The molecule has 5 aromatic rings. The van der Waals surface area contributed by atoms with E-state index < -0.39 is 83.4 Å². The van der Waals surface area contributed by atoms with Gasteiger partial charge in [0.15, 0.2) is 0 Å². The Labute approximate surface area is 564 Å². The Morgan fingerprint density at radius 1 is 0.364 bits per heavy atom. The lowest BCUT2D eigenvalue weighted by Crippen LogP contribution is -2.54. The maximum atomic E-state index is 12.5. The number of fused-ring (bicyclic) bond motifs is 5. The number of hydrogen-bond acceptors (Lipinski definition) is 19. The van der Waals surface area contributed by atoms with Gasteiger partial charge in [0.1, 0.15) is 30.2 Å². The quantitative estimate of drug-likeness (QED) is 0.0923. The van der Waals surface area contributed by atoms with Gasteiger partial charge in [0, 0.05) is 76.7 Å². The summed E-state index contributed by atoms with van der Waals surface area (Å²) >= 11 is 0. The molecule has 10 heterocycles. The first kappa shape index (κ1) is 67.7. The second-order valence-electron chi connectivity index (χ2n) is 24.5. The van der Waals surface area contributed by atoms with Crippen LogP contribution in [0.2, 0.25) is 0 Å². The second kappa shape index (κ2) is 26.8. The van der Waals surface area contributed by atoms with Crippen molar-refractivity contribution < 1.29 is 71.9 Å². The zero-order valence-electron chi connectivity index (χ0n) is 53.3. The number of nitrogens with two attached hydrogens (primary N) is 4. The molecule has 5 atom stereocenters. The monoisotopic (exact) mass is 1340 g/mol. The molecule has 5 saturated heterocycles. The fraction of sp³-hybridized carbons (Fsp3) is 0.243. The molecule has 5 aromatic carbocycles. The molecule has 0 saturated carbocycles. The van der Waals surface area contributed by atoms with Gasteiger partial charge in [-0.25, -0.2) is 0 Å². The number of carbonyl (C=O) groups is 15. The number of rotatable bonds is 5. The van der Waals surface area contributed by atoms with Crippen LogP contribution in [0.5, 0.6) is 0 Å². The summed E-state index contributed by atoms with van der Waals surface area (Å²) < 4.78 is 0. The first-order valence-electron chi connectivity index (χ1n) is 31.3. The van der Waals surface area contributed by atoms with E-state index in [2.05, 4.69) is 47.6 Å². The van der Waals surface area contributed by atoms with Crippen molar-refractivity contribution in [3.63, 3.8) is 0 Å². The minimum atomic E-state index is -0.898. The summed E-state index contributed by atoms with van der Waals surface area (Å²) in [5.41, 5.74) is 30.7. The number of nitrogens with zero attached hydrogens (tertiary/aromatic N) is 6. The first-order chi connectivity index (χ1) is 47.1. The lowest BCUT2D eigenvalue weighted by Gasteiger charge is -2.34. The molecular weight excluding hydrogens is 1280 g/mol. The Morgan fingerprint density at radius 3 is 1.19 bits per heavy atom. The standard InChI is InChI=1S/C15H15N3O3.2C14H13N3O3.C14H15N3O2.C13H10N2O4/c1-8-6-7-11(14(20)17(8)2)18-13(19)9-4-3-5-10(16)12(9)15(18)21;1-7-2-5-11(12(18)16-7)17-13(19)9-4-3-8(15)6-10(9)14(17)20;1-7-5-6-10(12(18)16-7)17-13(19)8-3-2-4-9(15)11(8)14(17)20;1-8-5-6-12(13(18)16-8)17-7-10-9(14(17)19)3-2-4-11(10)15;16-10-6-5-9(11(17)14-10)15-12(18)7-3-1-2-4-8(7)13(15)19/h3-5,11H,1,6-7,16H2,2H3;3-4,6,11H,1-2,5,15H2,(H,16,18);2-4,10H,1,5-6,15H2,(H,16,18);2-4,12H,1,5-7,15H2,(H,16,18);1-4,9H,5-6H2,(H,14,16,17). The van der Waals surface area contributed by atoms with Crippen LogP contribution in [-0.2, 0) is 35.3 Å². The number of hydrogen-bond donors (Lipinski definition) is 8. The van der Waals surface area contributed by atoms with E-state index >= 15 is 0 Å². The van der Waals surface area contributed by atoms with E-state index in [0.29, 0.717) is 114 Å². The summed E-state index contributed by atoms with van der Waals surface area (Å²) in [6.45, 7) is 15.3. The van der Waals surface area contributed by atoms with E-state index in [1.54, 1.807) is 96.9 Å². The van der Waals surface area contributed by atoms with Crippen molar-refractivity contribution in [1.29, 1.82) is 0 Å². The van der Waals surface area contributed by atoms with Crippen molar-refractivity contribution in [3.05, 3.63) is 202 Å². The fourth-order valence-corrected chi connectivity index (χ4v) is 13.1. The zero-order chi connectivity index (χ0) is 71.3. The molecule has 15 rings (SSSR count). The summed E-state index contributed by atoms with van der Waals surface area (Å²) in [4.78, 5) is 189. The Bertz CT molecular complexity index is 4520. The largest absolute Gasteiger partial charge is 0.399 e. The number of likely N-dealkylation sites (N-methyl/N-ethyl adjacent to an activating group) is 1. The minimum absolute atomic E-state index is 0.116. The van der Waals surface area contributed by atoms with Gasteiger partial charge in [0.25, 0.3) is 53.2 Å². The molecule has 12 N–H and O–H groups in total. The molecule has 506 valence electrons. The molecule has 10 aliphatic rings. The van der Waals surface area contributed by atoms with E-state index in [-0.39, 0.29) is 87.5 Å². The van der Waals surface area contributed by atoms with E-state index in [1.807, 2.05) is 0 Å². The van der Waals surface area contributed by atoms with E-state index in [9.17, 15) is 71.9 Å². The number of imide groups is 5. The molecule has 5 fully saturated rings. The van der Waals surface area contributed by atoms with Crippen LogP contribution in [0.25, 0.3) is 0 Å². The Morgan fingerprint density at radius 2 is 0.737 bits per heavy atom. The zero-order valence-corrected chi connectivity index (χ0v) is 53.3. The summed E-state index contributed by atoms with van der Waals surface area (Å²) in [5, 5.41) is 10.0. The number of nitrogens with one attached hydrogen (secondary N) is 4. The van der Waals surface area contributed by atoms with Gasteiger partial charge in [-0.1, -0.05) is 56.6 Å². The number of nitrogen functional groups attached to an aromatic ring is 4. The van der Waals surface area contributed by atoms with Gasteiger partial charge < -0.3 is 48.7 Å². The molecule has 10 aliphatic heterocycles. The molecule has 29 nitrogen and oxygen atoms in total. The lowest BCUT2D eigenvalue weighted by molar-refractivity contribution is -0.136. The van der Waals surface area contributed by atoms with E-state index in [0.717, 1.165) is 25.2 Å². The number of anilines is 4. The topological polar surface area (TPSA) is 428 Å². The fourth-order valence-electron chi connectivity index (χ4n) is 13.1. The van der Waals surface area contributed by atoms with Crippen molar-refractivity contribution in [3.8, 4) is 0 Å². The molecule has 0 aliphatic carbocycles. The molecule has 5 unspecified atom stereocenters. The third-order valence-corrected chi connectivity index (χ3v) is 18.4. The number of carbonyl (C=O) groups excluding carboxylic acids is 15. The van der Waals surface area contributed by atoms with Gasteiger partial charge in [0.05, 0.1) is 44.5 Å². The summed E-state index contributed by atoms with van der Waals surface area (Å²) in [6, 6.07) is 22.1. The Kier molecular flexibility index (Phi) is 18.4. The van der Waals surface area contributed by atoms with Crippen molar-refractivity contribution in [2.75, 3.05) is 30.0 Å². The van der Waals surface area contributed by atoms with Gasteiger partial charge in [0.2, 0.25) is 35.4 Å². The highest BCUT2D eigenvalue weighted by Crippen LogP contribution is 2.37. The van der Waals surface area contributed by atoms with Crippen molar-refractivity contribution in [2.24, 2.45) is 0 Å². The van der Waals surface area contributed by atoms with Crippen LogP contribution in [0.4, 0.5) is 22.7 Å². The van der Waals surface area contributed by atoms with Crippen molar-refractivity contribution in [2.45, 2.75) is 101 Å². The average molecular weight is 1340 g/mol. The van der Waals surface area contributed by atoms with Crippen molar-refractivity contribution >= 4 is 111 Å². The molecule has 99 heavy (non-hydrogen) atoms. The molecule has 0 spiro atoms. The molecule has 0 bridgehead atoms. The number of allylic oxidation sites excluding steroid dienone is 4. The Balaban J connectivity index is 0.000000125. The molecular formula is C70H66N14O15. The van der Waals surface area contributed by atoms with Crippen LogP contribution in [0.1, 0.15) is 163 Å². The third kappa shape index (κ3) is 12.4. The van der Waals surface area contributed by atoms with Gasteiger partial charge in [-0.3, -0.25) is 96.8 Å². The Hall–Kier alpha value is -12.7. The predicted octanol–water partition coefficient (Wildman–Crippen LogP) is 3.42.